The van der Waals surface area contributed by atoms with Crippen molar-refractivity contribution in [1.29, 1.82) is 0 Å². The SMILES string of the molecule is CC[C@@H](C(=O)NC1CCCCC1)N(Cc1cccc(OC)c1)C(=O)CN(c1ccc(C)cc1)S(=O)(=O)c1ccc(C)cc1. The van der Waals surface area contributed by atoms with Gasteiger partial charge in [-0.25, -0.2) is 8.42 Å². The lowest BCUT2D eigenvalue weighted by molar-refractivity contribution is -0.140. The minimum absolute atomic E-state index is 0.0787. The van der Waals surface area contributed by atoms with Crippen molar-refractivity contribution in [3.05, 3.63) is 89.5 Å². The van der Waals surface area contributed by atoms with Gasteiger partial charge in [-0.2, -0.15) is 0 Å². The fraction of sp³-hybridized carbons (Fsp3) is 0.412. The second-order valence-electron chi connectivity index (χ2n) is 11.3. The number of benzene rings is 3. The molecule has 8 nitrogen and oxygen atoms in total. The molecule has 3 aromatic carbocycles. The second kappa shape index (κ2) is 14.6. The van der Waals surface area contributed by atoms with E-state index in [-0.39, 0.29) is 23.4 Å². The number of nitrogens with zero attached hydrogens (tertiary/aromatic N) is 2. The van der Waals surface area contributed by atoms with Crippen LogP contribution in [0.5, 0.6) is 5.75 Å². The quantitative estimate of drug-likeness (QED) is 0.283. The summed E-state index contributed by atoms with van der Waals surface area (Å²) in [5.74, 6) is -0.0496. The fourth-order valence-electron chi connectivity index (χ4n) is 5.51. The molecule has 9 heteroatoms. The number of rotatable bonds is 12. The second-order valence-corrected chi connectivity index (χ2v) is 13.2. The van der Waals surface area contributed by atoms with E-state index in [0.29, 0.717) is 17.9 Å². The topological polar surface area (TPSA) is 96.0 Å². The maximum atomic E-state index is 14.3. The number of carbonyl (C=O) groups excluding carboxylic acids is 2. The Hall–Kier alpha value is -3.85. The van der Waals surface area contributed by atoms with E-state index < -0.39 is 28.5 Å². The van der Waals surface area contributed by atoms with Gasteiger partial charge in [-0.15, -0.1) is 0 Å². The van der Waals surface area contributed by atoms with Crippen LogP contribution in [0.1, 0.15) is 62.1 Å². The van der Waals surface area contributed by atoms with Gasteiger partial charge in [0.25, 0.3) is 10.0 Å². The van der Waals surface area contributed by atoms with E-state index in [1.807, 2.05) is 57.2 Å². The van der Waals surface area contributed by atoms with Crippen LogP contribution in [-0.2, 0) is 26.2 Å². The summed E-state index contributed by atoms with van der Waals surface area (Å²) < 4.78 is 34.6. The molecular formula is C34H43N3O5S. The van der Waals surface area contributed by atoms with E-state index in [1.54, 1.807) is 43.5 Å². The molecule has 0 aliphatic heterocycles. The van der Waals surface area contributed by atoms with Crippen LogP contribution in [0.3, 0.4) is 0 Å². The molecule has 2 amide bonds. The fourth-order valence-corrected chi connectivity index (χ4v) is 6.92. The molecule has 1 aliphatic carbocycles. The molecule has 230 valence electrons. The first-order chi connectivity index (χ1) is 20.6. The van der Waals surface area contributed by atoms with E-state index in [0.717, 1.165) is 53.1 Å². The number of aryl methyl sites for hydroxylation is 2. The Kier molecular flexibility index (Phi) is 10.9. The third-order valence-corrected chi connectivity index (χ3v) is 9.82. The van der Waals surface area contributed by atoms with Gasteiger partial charge in [0, 0.05) is 12.6 Å². The number of amides is 2. The normalized spacial score (nSPS) is 14.5. The summed E-state index contributed by atoms with van der Waals surface area (Å²) in [6.45, 7) is 5.34. The molecule has 0 saturated heterocycles. The zero-order valence-corrected chi connectivity index (χ0v) is 26.4. The number of anilines is 1. The Labute approximate surface area is 256 Å². The molecule has 0 bridgehead atoms. The summed E-state index contributed by atoms with van der Waals surface area (Å²) in [7, 11) is -2.53. The van der Waals surface area contributed by atoms with Crippen LogP contribution < -0.4 is 14.4 Å². The van der Waals surface area contributed by atoms with Crippen LogP contribution in [0.25, 0.3) is 0 Å². The van der Waals surface area contributed by atoms with E-state index >= 15 is 0 Å². The summed E-state index contributed by atoms with van der Waals surface area (Å²) in [6.07, 6.45) is 5.51. The zero-order valence-electron chi connectivity index (χ0n) is 25.6. The van der Waals surface area contributed by atoms with Crippen molar-refractivity contribution in [2.75, 3.05) is 18.0 Å². The van der Waals surface area contributed by atoms with Crippen LogP contribution in [-0.4, -0.2) is 50.9 Å². The largest absolute Gasteiger partial charge is 0.497 e. The minimum atomic E-state index is -4.11. The predicted molar refractivity (Wildman–Crippen MR) is 170 cm³/mol. The molecule has 0 heterocycles. The number of hydrogen-bond acceptors (Lipinski definition) is 5. The number of ether oxygens (including phenoxy) is 1. The van der Waals surface area contributed by atoms with Crippen LogP contribution in [0.2, 0.25) is 0 Å². The number of carbonyl (C=O) groups is 2. The van der Waals surface area contributed by atoms with Gasteiger partial charge >= 0.3 is 0 Å². The Morgan fingerprint density at radius 2 is 1.56 bits per heavy atom. The van der Waals surface area contributed by atoms with Crippen LogP contribution in [0.15, 0.2) is 77.7 Å². The molecule has 4 rings (SSSR count). The minimum Gasteiger partial charge on any atom is -0.497 e. The van der Waals surface area contributed by atoms with E-state index in [1.165, 1.54) is 4.90 Å². The van der Waals surface area contributed by atoms with E-state index in [4.69, 9.17) is 4.74 Å². The molecule has 1 fully saturated rings. The maximum absolute atomic E-state index is 14.3. The number of sulfonamides is 1. The van der Waals surface area contributed by atoms with Crippen LogP contribution >= 0.6 is 0 Å². The predicted octanol–water partition coefficient (Wildman–Crippen LogP) is 5.76. The Morgan fingerprint density at radius 3 is 2.16 bits per heavy atom. The average Bonchev–Trinajstić information content (AvgIpc) is 3.01. The van der Waals surface area contributed by atoms with Gasteiger partial charge in [0.15, 0.2) is 0 Å². The van der Waals surface area contributed by atoms with Crippen molar-refractivity contribution in [1.82, 2.24) is 10.2 Å². The van der Waals surface area contributed by atoms with Crippen molar-refractivity contribution in [2.45, 2.75) is 82.8 Å². The standard InChI is InChI=1S/C34H43N3O5S/c1-5-32(34(39)35-28-11-7-6-8-12-28)36(23-27-10-9-13-30(22-27)42-4)33(38)24-37(29-18-14-25(2)15-19-29)43(40,41)31-20-16-26(3)17-21-31/h9-10,13-22,28,32H,5-8,11-12,23-24H2,1-4H3,(H,35,39)/t32-/m0/s1. The molecular weight excluding hydrogens is 562 g/mol. The molecule has 0 unspecified atom stereocenters. The van der Waals surface area contributed by atoms with E-state index in [2.05, 4.69) is 5.32 Å². The highest BCUT2D eigenvalue weighted by atomic mass is 32.2. The molecule has 0 radical (unpaired) electrons. The summed E-state index contributed by atoms with van der Waals surface area (Å²) in [4.78, 5) is 29.6. The van der Waals surface area contributed by atoms with Crippen LogP contribution in [0, 0.1) is 13.8 Å². The Balaban J connectivity index is 1.71. The lowest BCUT2D eigenvalue weighted by Gasteiger charge is -2.34. The molecule has 0 aromatic heterocycles. The highest BCUT2D eigenvalue weighted by Gasteiger charge is 2.34. The third kappa shape index (κ3) is 8.16. The van der Waals surface area contributed by atoms with Crippen molar-refractivity contribution in [3.8, 4) is 5.75 Å². The van der Waals surface area contributed by atoms with Gasteiger partial charge in [0.1, 0.15) is 18.3 Å². The first kappa shape index (κ1) is 32.1. The Bertz CT molecular complexity index is 1480. The first-order valence-electron chi connectivity index (χ1n) is 15.0. The molecule has 1 atom stereocenters. The molecule has 1 saturated carbocycles. The van der Waals surface area contributed by atoms with Gasteiger partial charge < -0.3 is 15.0 Å². The smallest absolute Gasteiger partial charge is 0.264 e. The summed E-state index contributed by atoms with van der Waals surface area (Å²) in [6, 6.07) is 20.3. The zero-order chi connectivity index (χ0) is 31.0. The highest BCUT2D eigenvalue weighted by Crippen LogP contribution is 2.26. The van der Waals surface area contributed by atoms with Gasteiger partial charge in [-0.1, -0.05) is 73.7 Å². The lowest BCUT2D eigenvalue weighted by Crippen LogP contribution is -2.54. The molecule has 0 spiro atoms. The first-order valence-corrected chi connectivity index (χ1v) is 16.4. The molecule has 1 aliphatic rings. The number of nitrogens with one attached hydrogen (secondary N) is 1. The number of hydrogen-bond donors (Lipinski definition) is 1. The van der Waals surface area contributed by atoms with Gasteiger partial charge in [-0.3, -0.25) is 13.9 Å². The van der Waals surface area contributed by atoms with Gasteiger partial charge in [0.05, 0.1) is 17.7 Å². The van der Waals surface area contributed by atoms with Crippen molar-refractivity contribution in [3.63, 3.8) is 0 Å². The Morgan fingerprint density at radius 1 is 0.930 bits per heavy atom. The van der Waals surface area contributed by atoms with Crippen molar-refractivity contribution < 1.29 is 22.7 Å². The third-order valence-electron chi connectivity index (χ3n) is 8.03. The average molecular weight is 606 g/mol. The highest BCUT2D eigenvalue weighted by molar-refractivity contribution is 7.92. The summed E-state index contributed by atoms with van der Waals surface area (Å²) in [5, 5.41) is 3.18. The number of methoxy groups -OCH3 is 1. The van der Waals surface area contributed by atoms with Crippen molar-refractivity contribution >= 4 is 27.5 Å². The lowest BCUT2D eigenvalue weighted by atomic mass is 9.95. The molecule has 3 aromatic rings. The summed E-state index contributed by atoms with van der Waals surface area (Å²) >= 11 is 0. The summed E-state index contributed by atoms with van der Waals surface area (Å²) in [5.41, 5.74) is 3.05. The monoisotopic (exact) mass is 605 g/mol. The van der Waals surface area contributed by atoms with Gasteiger partial charge in [-0.05, 0) is 75.1 Å². The van der Waals surface area contributed by atoms with Crippen molar-refractivity contribution in [2.24, 2.45) is 0 Å². The van der Waals surface area contributed by atoms with E-state index in [9.17, 15) is 18.0 Å². The molecule has 1 N–H and O–H groups in total. The maximum Gasteiger partial charge on any atom is 0.264 e. The van der Waals surface area contributed by atoms with Crippen LogP contribution in [0.4, 0.5) is 5.69 Å². The van der Waals surface area contributed by atoms with Gasteiger partial charge in [0.2, 0.25) is 11.8 Å². The molecule has 43 heavy (non-hydrogen) atoms.